The van der Waals surface area contributed by atoms with Crippen LogP contribution in [0.5, 0.6) is 5.75 Å². The average molecular weight is 272 g/mol. The van der Waals surface area contributed by atoms with E-state index in [1.54, 1.807) is 6.92 Å². The first-order chi connectivity index (χ1) is 8.53. The Balaban J connectivity index is 2.20. The predicted molar refractivity (Wildman–Crippen MR) is 71.5 cm³/mol. The minimum Gasteiger partial charge on any atom is -0.491 e. The van der Waals surface area contributed by atoms with E-state index in [0.29, 0.717) is 18.6 Å². The lowest BCUT2D eigenvalue weighted by Crippen LogP contribution is -2.19. The van der Waals surface area contributed by atoms with E-state index in [4.69, 9.17) is 4.74 Å². The fourth-order valence-electron chi connectivity index (χ4n) is 1.48. The molecule has 0 aliphatic rings. The van der Waals surface area contributed by atoms with Crippen molar-refractivity contribution in [2.45, 2.75) is 25.9 Å². The molecular weight excluding hydrogens is 252 g/mol. The normalized spacial score (nSPS) is 13.2. The number of hydrogen-bond donors (Lipinski definition) is 1. The van der Waals surface area contributed by atoms with Gasteiger partial charge in [0, 0.05) is 5.75 Å². The summed E-state index contributed by atoms with van der Waals surface area (Å²) in [6.07, 6.45) is 0.277. The number of sulfone groups is 1. The topological polar surface area (TPSA) is 63.6 Å². The molecule has 0 saturated heterocycles. The SMILES string of the molecule is CCS(=O)(=O)CCCC(O)COc1ccccc1. The Morgan fingerprint density at radius 1 is 1.28 bits per heavy atom. The summed E-state index contributed by atoms with van der Waals surface area (Å²) in [5.41, 5.74) is 0. The van der Waals surface area contributed by atoms with Crippen LogP contribution in [0, 0.1) is 0 Å². The van der Waals surface area contributed by atoms with E-state index in [1.807, 2.05) is 30.3 Å². The fraction of sp³-hybridized carbons (Fsp3) is 0.538. The maximum Gasteiger partial charge on any atom is 0.150 e. The van der Waals surface area contributed by atoms with Gasteiger partial charge in [0.1, 0.15) is 22.2 Å². The Morgan fingerprint density at radius 2 is 1.94 bits per heavy atom. The van der Waals surface area contributed by atoms with Crippen LogP contribution in [-0.4, -0.2) is 37.7 Å². The minimum atomic E-state index is -2.93. The molecule has 0 aliphatic heterocycles. The van der Waals surface area contributed by atoms with Crippen molar-refractivity contribution >= 4 is 9.84 Å². The van der Waals surface area contributed by atoms with Crippen molar-refractivity contribution in [3.05, 3.63) is 30.3 Å². The molecule has 18 heavy (non-hydrogen) atoms. The third-order valence-corrected chi connectivity index (χ3v) is 4.41. The van der Waals surface area contributed by atoms with Gasteiger partial charge in [-0.1, -0.05) is 25.1 Å². The molecule has 0 heterocycles. The van der Waals surface area contributed by atoms with Crippen LogP contribution in [0.25, 0.3) is 0 Å². The van der Waals surface area contributed by atoms with Gasteiger partial charge in [-0.15, -0.1) is 0 Å². The Kier molecular flexibility index (Phi) is 6.15. The Hall–Kier alpha value is -1.07. The molecule has 0 aliphatic carbocycles. The second-order valence-corrected chi connectivity index (χ2v) is 6.63. The van der Waals surface area contributed by atoms with Gasteiger partial charge in [0.25, 0.3) is 0 Å². The van der Waals surface area contributed by atoms with Crippen LogP contribution >= 0.6 is 0 Å². The lowest BCUT2D eigenvalue weighted by molar-refractivity contribution is 0.0995. The van der Waals surface area contributed by atoms with Crippen molar-refractivity contribution < 1.29 is 18.3 Å². The summed E-state index contributed by atoms with van der Waals surface area (Å²) < 4.78 is 27.9. The summed E-state index contributed by atoms with van der Waals surface area (Å²) in [6, 6.07) is 9.23. The molecule has 102 valence electrons. The summed E-state index contributed by atoms with van der Waals surface area (Å²) >= 11 is 0. The monoisotopic (exact) mass is 272 g/mol. The molecule has 4 nitrogen and oxygen atoms in total. The maximum absolute atomic E-state index is 11.2. The molecule has 1 unspecified atom stereocenters. The zero-order chi connectivity index (χ0) is 13.4. The van der Waals surface area contributed by atoms with Crippen LogP contribution in [0.2, 0.25) is 0 Å². The number of para-hydroxylation sites is 1. The highest BCUT2D eigenvalue weighted by atomic mass is 32.2. The van der Waals surface area contributed by atoms with Gasteiger partial charge in [-0.2, -0.15) is 0 Å². The summed E-state index contributed by atoms with van der Waals surface area (Å²) in [6.45, 7) is 1.82. The summed E-state index contributed by atoms with van der Waals surface area (Å²) in [4.78, 5) is 0. The Bertz CT molecular complexity index is 428. The van der Waals surface area contributed by atoms with Gasteiger partial charge in [-0.3, -0.25) is 0 Å². The van der Waals surface area contributed by atoms with Crippen molar-refractivity contribution in [3.8, 4) is 5.75 Å². The average Bonchev–Trinajstić information content (AvgIpc) is 2.37. The number of aliphatic hydroxyl groups is 1. The largest absolute Gasteiger partial charge is 0.491 e. The van der Waals surface area contributed by atoms with E-state index in [2.05, 4.69) is 0 Å². The van der Waals surface area contributed by atoms with Crippen molar-refractivity contribution in [3.63, 3.8) is 0 Å². The summed E-state index contributed by atoms with van der Waals surface area (Å²) in [5, 5.41) is 9.66. The van der Waals surface area contributed by atoms with Crippen LogP contribution in [0.1, 0.15) is 19.8 Å². The van der Waals surface area contributed by atoms with Gasteiger partial charge in [0.05, 0.1) is 11.9 Å². The van der Waals surface area contributed by atoms with Crippen LogP contribution in [0.4, 0.5) is 0 Å². The fourth-order valence-corrected chi connectivity index (χ4v) is 2.37. The van der Waals surface area contributed by atoms with E-state index in [1.165, 1.54) is 0 Å². The third-order valence-electron chi connectivity index (χ3n) is 2.62. The second-order valence-electron chi connectivity index (χ2n) is 4.16. The molecule has 1 N–H and O–H groups in total. The van der Waals surface area contributed by atoms with E-state index < -0.39 is 15.9 Å². The van der Waals surface area contributed by atoms with E-state index >= 15 is 0 Å². The predicted octanol–water partition coefficient (Wildman–Crippen LogP) is 1.64. The molecule has 0 aromatic heterocycles. The first-order valence-corrected chi connectivity index (χ1v) is 7.92. The van der Waals surface area contributed by atoms with Crippen LogP contribution in [0.3, 0.4) is 0 Å². The first-order valence-electron chi connectivity index (χ1n) is 6.10. The highest BCUT2D eigenvalue weighted by Gasteiger charge is 2.10. The Morgan fingerprint density at radius 3 is 2.56 bits per heavy atom. The molecule has 0 bridgehead atoms. The molecule has 0 fully saturated rings. The van der Waals surface area contributed by atoms with Crippen molar-refractivity contribution in [1.82, 2.24) is 0 Å². The van der Waals surface area contributed by atoms with Gasteiger partial charge in [-0.25, -0.2) is 8.42 Å². The highest BCUT2D eigenvalue weighted by molar-refractivity contribution is 7.91. The lowest BCUT2D eigenvalue weighted by atomic mass is 10.2. The number of rotatable bonds is 8. The van der Waals surface area contributed by atoms with Crippen molar-refractivity contribution in [1.29, 1.82) is 0 Å². The molecular formula is C13H20O4S. The quantitative estimate of drug-likeness (QED) is 0.781. The zero-order valence-electron chi connectivity index (χ0n) is 10.6. The van der Waals surface area contributed by atoms with Gasteiger partial charge in [0.2, 0.25) is 0 Å². The summed E-state index contributed by atoms with van der Waals surface area (Å²) in [5.74, 6) is 0.993. The standard InChI is InChI=1S/C13H20O4S/c1-2-18(15,16)10-6-7-12(14)11-17-13-8-4-3-5-9-13/h3-5,8-9,12,14H,2,6-7,10-11H2,1H3. The molecule has 0 saturated carbocycles. The first kappa shape index (κ1) is 15.0. The maximum atomic E-state index is 11.2. The third kappa shape index (κ3) is 6.02. The second kappa shape index (κ2) is 7.38. The molecule has 1 aromatic rings. The molecule has 1 rings (SSSR count). The summed E-state index contributed by atoms with van der Waals surface area (Å²) in [7, 11) is -2.93. The van der Waals surface area contributed by atoms with Gasteiger partial charge in [0.15, 0.2) is 0 Å². The molecule has 0 radical (unpaired) electrons. The van der Waals surface area contributed by atoms with E-state index in [0.717, 1.165) is 0 Å². The van der Waals surface area contributed by atoms with Gasteiger partial charge >= 0.3 is 0 Å². The number of benzene rings is 1. The van der Waals surface area contributed by atoms with Crippen LogP contribution in [-0.2, 0) is 9.84 Å². The molecule has 0 amide bonds. The van der Waals surface area contributed by atoms with E-state index in [9.17, 15) is 13.5 Å². The number of ether oxygens (including phenoxy) is 1. The molecule has 1 aromatic carbocycles. The zero-order valence-corrected chi connectivity index (χ0v) is 11.4. The highest BCUT2D eigenvalue weighted by Crippen LogP contribution is 2.10. The smallest absolute Gasteiger partial charge is 0.150 e. The number of aliphatic hydroxyl groups excluding tert-OH is 1. The molecule has 1 atom stereocenters. The van der Waals surface area contributed by atoms with Crippen molar-refractivity contribution in [2.24, 2.45) is 0 Å². The Labute approximate surface area is 109 Å². The molecule has 5 heteroatoms. The van der Waals surface area contributed by atoms with Gasteiger partial charge < -0.3 is 9.84 Å². The minimum absolute atomic E-state index is 0.131. The number of hydrogen-bond acceptors (Lipinski definition) is 4. The lowest BCUT2D eigenvalue weighted by Gasteiger charge is -2.12. The molecule has 0 spiro atoms. The van der Waals surface area contributed by atoms with Crippen LogP contribution < -0.4 is 4.74 Å². The van der Waals surface area contributed by atoms with Crippen LogP contribution in [0.15, 0.2) is 30.3 Å². The van der Waals surface area contributed by atoms with E-state index in [-0.39, 0.29) is 18.1 Å². The van der Waals surface area contributed by atoms with Crippen molar-refractivity contribution in [2.75, 3.05) is 18.1 Å². The van der Waals surface area contributed by atoms with Gasteiger partial charge in [-0.05, 0) is 25.0 Å².